The van der Waals surface area contributed by atoms with E-state index in [1.54, 1.807) is 0 Å². The van der Waals surface area contributed by atoms with Crippen LogP contribution in [0.25, 0.3) is 10.9 Å². The van der Waals surface area contributed by atoms with E-state index in [0.717, 1.165) is 38.0 Å². The number of benzene rings is 1. The summed E-state index contributed by atoms with van der Waals surface area (Å²) in [5.74, 6) is -0.239. The number of carbonyl (C=O) groups excluding carboxylic acids is 1. The van der Waals surface area contributed by atoms with E-state index >= 15 is 0 Å². The predicted octanol–water partition coefficient (Wildman–Crippen LogP) is 1.26. The first-order chi connectivity index (χ1) is 9.24. The molecule has 4 nitrogen and oxygen atoms in total. The minimum absolute atomic E-state index is 0.239. The van der Waals surface area contributed by atoms with Gasteiger partial charge in [0.1, 0.15) is 5.54 Å². The molecule has 2 aromatic rings. The number of hydrogen-bond acceptors (Lipinski definition) is 2. The summed E-state index contributed by atoms with van der Waals surface area (Å²) < 4.78 is 2.30. The lowest BCUT2D eigenvalue weighted by molar-refractivity contribution is -0.126. The summed E-state index contributed by atoms with van der Waals surface area (Å²) in [4.78, 5) is 12.1. The molecule has 1 unspecified atom stereocenters. The Labute approximate surface area is 111 Å². The lowest BCUT2D eigenvalue weighted by atomic mass is 9.80. The van der Waals surface area contributed by atoms with Gasteiger partial charge in [-0.05, 0) is 30.9 Å². The maximum absolute atomic E-state index is 12.1. The highest BCUT2D eigenvalue weighted by Crippen LogP contribution is 2.41. The second-order valence-corrected chi connectivity index (χ2v) is 5.55. The SMILES string of the molecule is NC(=O)C12CCCn3c1c(c1ccccc13)CCN2. The van der Waals surface area contributed by atoms with E-state index in [0.29, 0.717) is 0 Å². The molecule has 3 heterocycles. The third-order valence-electron chi connectivity index (χ3n) is 4.64. The molecule has 2 aliphatic rings. The zero-order valence-corrected chi connectivity index (χ0v) is 10.8. The van der Waals surface area contributed by atoms with Crippen LogP contribution in [0.15, 0.2) is 24.3 Å². The first-order valence-electron chi connectivity index (χ1n) is 6.89. The molecule has 0 bridgehead atoms. The molecule has 4 heteroatoms. The molecule has 2 aliphatic heterocycles. The summed E-state index contributed by atoms with van der Waals surface area (Å²) in [7, 11) is 0. The molecular formula is C15H17N3O. The smallest absolute Gasteiger partial charge is 0.243 e. The van der Waals surface area contributed by atoms with Gasteiger partial charge in [0, 0.05) is 24.0 Å². The molecule has 0 radical (unpaired) electrons. The third-order valence-corrected chi connectivity index (χ3v) is 4.64. The number of hydrogen-bond donors (Lipinski definition) is 2. The highest BCUT2D eigenvalue weighted by atomic mass is 16.1. The number of rotatable bonds is 1. The Bertz CT molecular complexity index is 639. The number of carbonyl (C=O) groups is 1. The Hall–Kier alpha value is -1.81. The number of aryl methyl sites for hydroxylation is 1. The van der Waals surface area contributed by atoms with Crippen LogP contribution in [0.3, 0.4) is 0 Å². The van der Waals surface area contributed by atoms with Gasteiger partial charge in [-0.1, -0.05) is 18.2 Å². The molecule has 3 N–H and O–H groups in total. The van der Waals surface area contributed by atoms with Gasteiger partial charge in [0.25, 0.3) is 0 Å². The summed E-state index contributed by atoms with van der Waals surface area (Å²) in [6.07, 6.45) is 2.77. The summed E-state index contributed by atoms with van der Waals surface area (Å²) in [6, 6.07) is 8.43. The second-order valence-electron chi connectivity index (χ2n) is 5.55. The molecule has 1 atom stereocenters. The van der Waals surface area contributed by atoms with Gasteiger partial charge >= 0.3 is 0 Å². The van der Waals surface area contributed by atoms with Gasteiger partial charge in [-0.3, -0.25) is 10.1 Å². The molecule has 1 aromatic carbocycles. The Kier molecular flexibility index (Phi) is 2.10. The van der Waals surface area contributed by atoms with Crippen molar-refractivity contribution < 1.29 is 4.79 Å². The molecule has 1 aromatic heterocycles. The monoisotopic (exact) mass is 255 g/mol. The van der Waals surface area contributed by atoms with Crippen LogP contribution in [0.2, 0.25) is 0 Å². The van der Waals surface area contributed by atoms with E-state index in [4.69, 9.17) is 5.73 Å². The number of fused-ring (bicyclic) bond motifs is 3. The van der Waals surface area contributed by atoms with Gasteiger partial charge in [0.05, 0.1) is 5.69 Å². The highest BCUT2D eigenvalue weighted by Gasteiger charge is 2.46. The fourth-order valence-corrected chi connectivity index (χ4v) is 3.87. The van der Waals surface area contributed by atoms with Crippen LogP contribution in [0.1, 0.15) is 24.1 Å². The molecule has 0 saturated heterocycles. The largest absolute Gasteiger partial charge is 0.368 e. The van der Waals surface area contributed by atoms with Crippen molar-refractivity contribution in [2.24, 2.45) is 5.73 Å². The van der Waals surface area contributed by atoms with E-state index in [1.165, 1.54) is 16.5 Å². The molecule has 0 spiro atoms. The fourth-order valence-electron chi connectivity index (χ4n) is 3.87. The van der Waals surface area contributed by atoms with Crippen LogP contribution < -0.4 is 11.1 Å². The van der Waals surface area contributed by atoms with E-state index in [-0.39, 0.29) is 5.91 Å². The third kappa shape index (κ3) is 1.24. The standard InChI is InChI=1S/C15H17N3O/c16-14(19)15-7-3-9-18-12-5-2-1-4-10(12)11(13(15)18)6-8-17-15/h1-2,4-5,17H,3,6-9H2,(H2,16,19). The Morgan fingerprint density at radius 1 is 1.37 bits per heavy atom. The van der Waals surface area contributed by atoms with Crippen molar-refractivity contribution in [2.45, 2.75) is 31.3 Å². The highest BCUT2D eigenvalue weighted by molar-refractivity contribution is 5.93. The van der Waals surface area contributed by atoms with Gasteiger partial charge < -0.3 is 10.3 Å². The molecule has 0 saturated carbocycles. The van der Waals surface area contributed by atoms with Gasteiger partial charge in [0.15, 0.2) is 0 Å². The number of primary amides is 1. The number of para-hydroxylation sites is 1. The summed E-state index contributed by atoms with van der Waals surface area (Å²) in [6.45, 7) is 1.80. The van der Waals surface area contributed by atoms with E-state index in [1.807, 2.05) is 0 Å². The van der Waals surface area contributed by atoms with E-state index < -0.39 is 5.54 Å². The first-order valence-corrected chi connectivity index (χ1v) is 6.89. The molecule has 0 fully saturated rings. The van der Waals surface area contributed by atoms with Crippen molar-refractivity contribution in [1.29, 1.82) is 0 Å². The second kappa shape index (κ2) is 3.61. The summed E-state index contributed by atoms with van der Waals surface area (Å²) in [5, 5.41) is 4.68. The average molecular weight is 255 g/mol. The van der Waals surface area contributed by atoms with Gasteiger partial charge in [0.2, 0.25) is 5.91 Å². The Morgan fingerprint density at radius 2 is 2.21 bits per heavy atom. The maximum Gasteiger partial charge on any atom is 0.243 e. The predicted molar refractivity (Wildman–Crippen MR) is 73.8 cm³/mol. The number of nitrogens with zero attached hydrogens (tertiary/aromatic N) is 1. The number of amides is 1. The minimum Gasteiger partial charge on any atom is -0.368 e. The lowest BCUT2D eigenvalue weighted by Gasteiger charge is -2.40. The van der Waals surface area contributed by atoms with Crippen molar-refractivity contribution in [3.05, 3.63) is 35.5 Å². The minimum atomic E-state index is -0.648. The number of nitrogens with two attached hydrogens (primary N) is 1. The van der Waals surface area contributed by atoms with Crippen molar-refractivity contribution >= 4 is 16.8 Å². The maximum atomic E-state index is 12.1. The van der Waals surface area contributed by atoms with Crippen LogP contribution in [-0.2, 0) is 23.3 Å². The molecular weight excluding hydrogens is 238 g/mol. The molecule has 1 amide bonds. The Morgan fingerprint density at radius 3 is 3.05 bits per heavy atom. The fraction of sp³-hybridized carbons (Fsp3) is 0.400. The van der Waals surface area contributed by atoms with Gasteiger partial charge in [-0.25, -0.2) is 0 Å². The van der Waals surface area contributed by atoms with Crippen LogP contribution >= 0.6 is 0 Å². The average Bonchev–Trinajstić information content (AvgIpc) is 2.77. The molecule has 0 aliphatic carbocycles. The number of aromatic nitrogens is 1. The summed E-state index contributed by atoms with van der Waals surface area (Å²) in [5.41, 5.74) is 8.76. The van der Waals surface area contributed by atoms with Crippen LogP contribution in [-0.4, -0.2) is 17.0 Å². The number of nitrogens with one attached hydrogen (secondary N) is 1. The van der Waals surface area contributed by atoms with Crippen molar-refractivity contribution in [3.63, 3.8) is 0 Å². The first kappa shape index (κ1) is 11.1. The van der Waals surface area contributed by atoms with Crippen LogP contribution in [0.4, 0.5) is 0 Å². The van der Waals surface area contributed by atoms with Gasteiger partial charge in [-0.2, -0.15) is 0 Å². The lowest BCUT2D eigenvalue weighted by Crippen LogP contribution is -2.58. The van der Waals surface area contributed by atoms with Gasteiger partial charge in [-0.15, -0.1) is 0 Å². The molecule has 19 heavy (non-hydrogen) atoms. The summed E-state index contributed by atoms with van der Waals surface area (Å²) >= 11 is 0. The van der Waals surface area contributed by atoms with Crippen LogP contribution in [0, 0.1) is 0 Å². The molecule has 4 rings (SSSR count). The van der Waals surface area contributed by atoms with Crippen molar-refractivity contribution in [3.8, 4) is 0 Å². The van der Waals surface area contributed by atoms with E-state index in [2.05, 4.69) is 34.1 Å². The quantitative estimate of drug-likeness (QED) is 0.806. The van der Waals surface area contributed by atoms with Crippen LogP contribution in [0.5, 0.6) is 0 Å². The zero-order chi connectivity index (χ0) is 13.0. The normalized spacial score (nSPS) is 25.3. The zero-order valence-electron chi connectivity index (χ0n) is 10.8. The van der Waals surface area contributed by atoms with Crippen molar-refractivity contribution in [1.82, 2.24) is 9.88 Å². The Balaban J connectivity index is 2.14. The topological polar surface area (TPSA) is 60.1 Å². The van der Waals surface area contributed by atoms with E-state index in [9.17, 15) is 4.79 Å². The molecule has 98 valence electrons. The van der Waals surface area contributed by atoms with Crippen molar-refractivity contribution in [2.75, 3.05) is 6.54 Å².